The third-order valence-corrected chi connectivity index (χ3v) is 11.9. The second kappa shape index (κ2) is 23.7. The molecule has 57 heavy (non-hydrogen) atoms. The highest BCUT2D eigenvalue weighted by Crippen LogP contribution is 2.47. The monoisotopic (exact) mass is 934 g/mol. The van der Waals surface area contributed by atoms with E-state index in [1.165, 1.54) is 0 Å². The first-order valence-corrected chi connectivity index (χ1v) is 21.6. The molecule has 12 nitrogen and oxygen atoms in total. The number of aliphatic hydroxyl groups excluding tert-OH is 1. The molecule has 1 aliphatic heterocycles. The van der Waals surface area contributed by atoms with Gasteiger partial charge in [-0.15, -0.1) is 0 Å². The Morgan fingerprint density at radius 3 is 2.05 bits per heavy atom. The molecule has 0 saturated carbocycles. The molecule has 1 aromatic heterocycles. The predicted octanol–water partition coefficient (Wildman–Crippen LogP) is 1.69. The second-order valence-electron chi connectivity index (χ2n) is 14.2. The number of hydrogen-bond donors (Lipinski definition) is 2. The molecule has 0 radical (unpaired) electrons. The van der Waals surface area contributed by atoms with Crippen LogP contribution in [0.1, 0.15) is 18.4 Å². The van der Waals surface area contributed by atoms with Crippen LogP contribution in [0.4, 0.5) is 11.5 Å². The van der Waals surface area contributed by atoms with Crippen molar-refractivity contribution >= 4 is 50.3 Å². The van der Waals surface area contributed by atoms with Gasteiger partial charge in [0.05, 0.1) is 74.9 Å². The highest BCUT2D eigenvalue weighted by atomic mass is 127. The molecule has 0 amide bonds. The Morgan fingerprint density at radius 2 is 1.40 bits per heavy atom. The third-order valence-electron chi connectivity index (χ3n) is 9.32. The summed E-state index contributed by atoms with van der Waals surface area (Å²) in [7, 11) is 6.73. The zero-order valence-electron chi connectivity index (χ0n) is 33.9. The highest BCUT2D eigenvalue weighted by molar-refractivity contribution is 8.03. The third kappa shape index (κ3) is 13.6. The van der Waals surface area contributed by atoms with E-state index in [2.05, 4.69) is 124 Å². The van der Waals surface area contributed by atoms with Gasteiger partial charge in [0.1, 0.15) is 11.2 Å². The molecule has 312 valence electrons. The Kier molecular flexibility index (Phi) is 19.5. The maximum Gasteiger partial charge on any atom is 0.282 e. The van der Waals surface area contributed by atoms with Gasteiger partial charge in [-0.1, -0.05) is 48.2 Å². The van der Waals surface area contributed by atoms with Gasteiger partial charge in [-0.25, -0.2) is 13.1 Å². The number of hydrogen-bond acceptors (Lipinski definition) is 11. The number of halogens is 1. The van der Waals surface area contributed by atoms with Crippen LogP contribution in [0, 0.1) is 0 Å². The van der Waals surface area contributed by atoms with Gasteiger partial charge < -0.3 is 58.0 Å². The van der Waals surface area contributed by atoms with Gasteiger partial charge >= 0.3 is 0 Å². The van der Waals surface area contributed by atoms with Crippen molar-refractivity contribution in [3.8, 4) is 5.69 Å². The number of pyridine rings is 1. The number of sulfonamides is 1. The van der Waals surface area contributed by atoms with Crippen molar-refractivity contribution in [2.75, 3.05) is 124 Å². The predicted molar refractivity (Wildman–Crippen MR) is 227 cm³/mol. The number of anilines is 2. The van der Waals surface area contributed by atoms with E-state index >= 15 is 0 Å². The summed E-state index contributed by atoms with van der Waals surface area (Å²) in [5, 5.41) is 10.9. The van der Waals surface area contributed by atoms with Gasteiger partial charge in [0.2, 0.25) is 10.0 Å². The molecule has 3 aromatic carbocycles. The van der Waals surface area contributed by atoms with Crippen molar-refractivity contribution in [2.45, 2.75) is 22.6 Å². The Labute approximate surface area is 360 Å². The second-order valence-corrected chi connectivity index (χ2v) is 17.0. The summed E-state index contributed by atoms with van der Waals surface area (Å²) >= 11 is 1.64. The number of ether oxygens (including phenoxy) is 3. The van der Waals surface area contributed by atoms with Gasteiger partial charge in [0.15, 0.2) is 0 Å². The smallest absolute Gasteiger partial charge is 0.282 e. The molecule has 0 bridgehead atoms. The lowest BCUT2D eigenvalue weighted by Gasteiger charge is -2.23. The topological polar surface area (TPSA) is 111 Å². The number of thioether (sulfide) groups is 1. The van der Waals surface area contributed by atoms with E-state index in [9.17, 15) is 8.42 Å². The fraction of sp³-hybridized carbons (Fsp3) is 0.452. The van der Waals surface area contributed by atoms with Gasteiger partial charge in [-0.2, -0.15) is 4.57 Å². The van der Waals surface area contributed by atoms with E-state index in [0.29, 0.717) is 26.4 Å². The average Bonchev–Trinajstić information content (AvgIpc) is 3.49. The van der Waals surface area contributed by atoms with Crippen molar-refractivity contribution in [1.82, 2.24) is 14.5 Å². The summed E-state index contributed by atoms with van der Waals surface area (Å²) in [5.74, 6) is 1.14. The summed E-state index contributed by atoms with van der Waals surface area (Å²) < 4.78 is 47.8. The Bertz CT molecular complexity index is 1970. The molecule has 0 fully saturated rings. The summed E-state index contributed by atoms with van der Waals surface area (Å²) in [5.41, 5.74) is 4.18. The number of para-hydroxylation sites is 2. The van der Waals surface area contributed by atoms with E-state index < -0.39 is 10.0 Å². The van der Waals surface area contributed by atoms with Crippen molar-refractivity contribution < 1.29 is 56.3 Å². The summed E-state index contributed by atoms with van der Waals surface area (Å²) in [6, 6.07) is 26.8. The van der Waals surface area contributed by atoms with E-state index in [0.717, 1.165) is 82.6 Å². The lowest BCUT2D eigenvalue weighted by molar-refractivity contribution is -0.553. The molecule has 0 unspecified atom stereocenters. The number of nitrogens with zero attached hydrogens (tertiary/aromatic N) is 5. The van der Waals surface area contributed by atoms with Crippen LogP contribution in [0.3, 0.4) is 0 Å². The van der Waals surface area contributed by atoms with Crippen LogP contribution >= 0.6 is 11.8 Å². The standard InChI is InChI=1S/C42H59N6O6S2.HI/c1-44(2)20-11-22-47(23-12-21-45(3)4)41-31-34(37-15-9-10-16-38(37)48(41)35-13-7-6-8-14-35)32-42-46(5)39-33-36(17-18-40(39)55-42)56(50,51)43-19-25-52-27-29-54-30-28-53-26-24-49;/h6-10,13-18,31-33,43,49H,11-12,19-30H2,1-5H3;1H/q+1;/p-1. The maximum atomic E-state index is 13.3. The highest BCUT2D eigenvalue weighted by Gasteiger charge is 2.28. The molecule has 0 atom stereocenters. The lowest BCUT2D eigenvalue weighted by Crippen LogP contribution is -3.00. The van der Waals surface area contributed by atoms with Crippen LogP contribution in [0.15, 0.2) is 93.7 Å². The zero-order chi connectivity index (χ0) is 39.9. The van der Waals surface area contributed by atoms with E-state index in [-0.39, 0.29) is 55.2 Å². The number of nitrogens with one attached hydrogen (secondary N) is 1. The first-order valence-electron chi connectivity index (χ1n) is 19.3. The molecule has 5 rings (SSSR count). The molecule has 0 saturated heterocycles. The lowest BCUT2D eigenvalue weighted by atomic mass is 10.1. The van der Waals surface area contributed by atoms with Gasteiger partial charge in [0.25, 0.3) is 5.82 Å². The number of fused-ring (bicyclic) bond motifs is 2. The van der Waals surface area contributed by atoms with Crippen LogP contribution in [0.5, 0.6) is 0 Å². The number of benzene rings is 3. The Morgan fingerprint density at radius 1 is 0.789 bits per heavy atom. The van der Waals surface area contributed by atoms with Crippen LogP contribution in [-0.2, 0) is 24.2 Å². The fourth-order valence-corrected chi connectivity index (χ4v) is 8.64. The first-order chi connectivity index (χ1) is 27.1. The van der Waals surface area contributed by atoms with E-state index in [1.807, 2.05) is 13.1 Å². The first kappa shape index (κ1) is 46.8. The largest absolute Gasteiger partial charge is 1.00 e. The van der Waals surface area contributed by atoms with Crippen LogP contribution in [-0.4, -0.2) is 138 Å². The van der Waals surface area contributed by atoms with Crippen LogP contribution in [0.2, 0.25) is 0 Å². The average molecular weight is 935 g/mol. The molecule has 4 aromatic rings. The van der Waals surface area contributed by atoms with Crippen molar-refractivity contribution in [3.05, 3.63) is 89.5 Å². The molecule has 2 heterocycles. The number of aliphatic hydroxyl groups is 1. The molecular weight excluding hydrogens is 876 g/mol. The summed E-state index contributed by atoms with van der Waals surface area (Å²) in [4.78, 5) is 10.3. The quantitative estimate of drug-likeness (QED) is 0.0610. The minimum atomic E-state index is -3.76. The Hall–Kier alpha value is -2.84. The van der Waals surface area contributed by atoms with E-state index in [1.54, 1.807) is 23.9 Å². The number of rotatable bonds is 24. The zero-order valence-corrected chi connectivity index (χ0v) is 37.7. The SMILES string of the molecule is CN(C)CCCN(CCCN(C)C)c1cc(C=C2Sc3ccc(S(=O)(=O)NCCOCCOCCOCCO)cc3N2C)c2ccccc2[n+]1-c1ccccc1.[I-]. The van der Waals surface area contributed by atoms with Gasteiger partial charge in [-0.05, 0) is 89.1 Å². The Balaban J connectivity index is 0.00000720. The minimum Gasteiger partial charge on any atom is -1.00 e. The minimum absolute atomic E-state index is 0. The summed E-state index contributed by atoms with van der Waals surface area (Å²) in [6.07, 6.45) is 4.30. The molecule has 1 aliphatic rings. The molecule has 0 aliphatic carbocycles. The van der Waals surface area contributed by atoms with Crippen LogP contribution < -0.4 is 43.1 Å². The molecule has 2 N–H and O–H groups in total. The fourth-order valence-electron chi connectivity index (χ4n) is 6.52. The van der Waals surface area contributed by atoms with Crippen molar-refractivity contribution in [1.29, 1.82) is 0 Å². The maximum absolute atomic E-state index is 13.3. The van der Waals surface area contributed by atoms with Crippen LogP contribution in [0.25, 0.3) is 22.7 Å². The van der Waals surface area contributed by atoms with Crippen molar-refractivity contribution in [2.24, 2.45) is 0 Å². The normalized spacial score (nSPS) is 13.5. The van der Waals surface area contributed by atoms with Gasteiger partial charge in [-0.3, -0.25) is 4.90 Å². The molecule has 15 heteroatoms. The molecule has 0 spiro atoms. The van der Waals surface area contributed by atoms with E-state index in [4.69, 9.17) is 19.3 Å². The summed E-state index contributed by atoms with van der Waals surface area (Å²) in [6.45, 7) is 5.99. The number of aromatic nitrogens is 1. The van der Waals surface area contributed by atoms with Gasteiger partial charge in [0, 0.05) is 43.0 Å². The van der Waals surface area contributed by atoms with Crippen molar-refractivity contribution in [3.63, 3.8) is 0 Å². The molecular formula is C42H59IN6O6S2.